The van der Waals surface area contributed by atoms with Gasteiger partial charge in [0.1, 0.15) is 5.82 Å². The normalized spacial score (nSPS) is 12.5. The van der Waals surface area contributed by atoms with Gasteiger partial charge in [-0.1, -0.05) is 45.8 Å². The first-order chi connectivity index (χ1) is 8.97. The molecular formula is C16H17BrFN. The lowest BCUT2D eigenvalue weighted by atomic mass is 9.95. The first-order valence-electron chi connectivity index (χ1n) is 6.24. The van der Waals surface area contributed by atoms with E-state index < -0.39 is 0 Å². The molecule has 0 saturated carbocycles. The Labute approximate surface area is 121 Å². The lowest BCUT2D eigenvalue weighted by Gasteiger charge is -2.15. The van der Waals surface area contributed by atoms with Crippen LogP contribution in [-0.2, 0) is 6.42 Å². The molecule has 0 spiro atoms. The maximum absolute atomic E-state index is 13.9. The fraction of sp³-hybridized carbons (Fsp3) is 0.250. The Morgan fingerprint density at radius 3 is 2.58 bits per heavy atom. The molecule has 2 N–H and O–H groups in total. The van der Waals surface area contributed by atoms with Gasteiger partial charge >= 0.3 is 0 Å². The van der Waals surface area contributed by atoms with Crippen molar-refractivity contribution < 1.29 is 4.39 Å². The van der Waals surface area contributed by atoms with E-state index in [0.29, 0.717) is 12.0 Å². The first kappa shape index (κ1) is 14.2. The fourth-order valence-electron chi connectivity index (χ4n) is 2.17. The number of benzene rings is 2. The van der Waals surface area contributed by atoms with E-state index in [0.717, 1.165) is 4.47 Å². The predicted octanol–water partition coefficient (Wildman–Crippen LogP) is 4.45. The summed E-state index contributed by atoms with van der Waals surface area (Å²) in [7, 11) is 0. The van der Waals surface area contributed by atoms with Gasteiger partial charge in [-0.05, 0) is 43.5 Å². The van der Waals surface area contributed by atoms with Crippen LogP contribution < -0.4 is 5.73 Å². The van der Waals surface area contributed by atoms with Crippen LogP contribution in [0.2, 0.25) is 0 Å². The standard InChI is InChI=1S/C16H17BrFN/c1-10-3-4-11(2)12(7-10)8-16(19)14-6-5-13(17)9-15(14)18/h3-7,9,16H,8,19H2,1-2H3. The van der Waals surface area contributed by atoms with Crippen LogP contribution in [0.4, 0.5) is 4.39 Å². The van der Waals surface area contributed by atoms with Crippen LogP contribution in [0.3, 0.4) is 0 Å². The van der Waals surface area contributed by atoms with Crippen molar-refractivity contribution in [2.24, 2.45) is 5.73 Å². The second-order valence-corrected chi connectivity index (χ2v) is 5.82. The summed E-state index contributed by atoms with van der Waals surface area (Å²) in [4.78, 5) is 0. The van der Waals surface area contributed by atoms with E-state index in [1.54, 1.807) is 6.07 Å². The molecule has 0 aromatic heterocycles. The topological polar surface area (TPSA) is 26.0 Å². The number of hydrogen-bond acceptors (Lipinski definition) is 1. The molecule has 0 bridgehead atoms. The van der Waals surface area contributed by atoms with Gasteiger partial charge < -0.3 is 5.73 Å². The average Bonchev–Trinajstić information content (AvgIpc) is 2.33. The predicted molar refractivity (Wildman–Crippen MR) is 80.6 cm³/mol. The average molecular weight is 322 g/mol. The van der Waals surface area contributed by atoms with Gasteiger partial charge in [0.05, 0.1) is 0 Å². The van der Waals surface area contributed by atoms with Crippen molar-refractivity contribution in [2.75, 3.05) is 0 Å². The Morgan fingerprint density at radius 1 is 1.16 bits per heavy atom. The first-order valence-corrected chi connectivity index (χ1v) is 7.03. The minimum absolute atomic E-state index is 0.257. The lowest BCUT2D eigenvalue weighted by Crippen LogP contribution is -2.15. The quantitative estimate of drug-likeness (QED) is 0.888. The monoisotopic (exact) mass is 321 g/mol. The minimum Gasteiger partial charge on any atom is -0.324 e. The van der Waals surface area contributed by atoms with E-state index in [4.69, 9.17) is 5.73 Å². The van der Waals surface area contributed by atoms with Gasteiger partial charge in [0.2, 0.25) is 0 Å². The highest BCUT2D eigenvalue weighted by molar-refractivity contribution is 9.10. The molecule has 0 aliphatic heterocycles. The molecular weight excluding hydrogens is 305 g/mol. The van der Waals surface area contributed by atoms with E-state index >= 15 is 0 Å². The van der Waals surface area contributed by atoms with Crippen LogP contribution >= 0.6 is 15.9 Å². The smallest absolute Gasteiger partial charge is 0.129 e. The highest BCUT2D eigenvalue weighted by Crippen LogP contribution is 2.24. The van der Waals surface area contributed by atoms with Crippen molar-refractivity contribution in [1.29, 1.82) is 0 Å². The van der Waals surface area contributed by atoms with Crippen LogP contribution in [0.1, 0.15) is 28.3 Å². The van der Waals surface area contributed by atoms with Gasteiger partial charge in [-0.15, -0.1) is 0 Å². The van der Waals surface area contributed by atoms with E-state index in [-0.39, 0.29) is 11.9 Å². The van der Waals surface area contributed by atoms with Gasteiger partial charge in [-0.2, -0.15) is 0 Å². The summed E-state index contributed by atoms with van der Waals surface area (Å²) in [5, 5.41) is 0. The Balaban J connectivity index is 2.25. The van der Waals surface area contributed by atoms with Gasteiger partial charge in [0, 0.05) is 16.1 Å². The summed E-state index contributed by atoms with van der Waals surface area (Å²) in [5.74, 6) is -0.257. The summed E-state index contributed by atoms with van der Waals surface area (Å²) < 4.78 is 14.6. The largest absolute Gasteiger partial charge is 0.324 e. The van der Waals surface area contributed by atoms with Crippen LogP contribution in [0.5, 0.6) is 0 Å². The molecule has 0 saturated heterocycles. The maximum atomic E-state index is 13.9. The summed E-state index contributed by atoms with van der Waals surface area (Å²) in [6.45, 7) is 4.11. The molecule has 1 atom stereocenters. The number of nitrogens with two attached hydrogens (primary N) is 1. The maximum Gasteiger partial charge on any atom is 0.129 e. The van der Waals surface area contributed by atoms with Crippen LogP contribution in [-0.4, -0.2) is 0 Å². The van der Waals surface area contributed by atoms with Gasteiger partial charge in [-0.3, -0.25) is 0 Å². The van der Waals surface area contributed by atoms with Crippen LogP contribution in [0, 0.1) is 19.7 Å². The number of hydrogen-bond donors (Lipinski definition) is 1. The molecule has 0 aliphatic carbocycles. The number of rotatable bonds is 3. The van der Waals surface area contributed by atoms with E-state index in [2.05, 4.69) is 48.0 Å². The highest BCUT2D eigenvalue weighted by atomic mass is 79.9. The molecule has 2 aromatic rings. The molecule has 100 valence electrons. The second kappa shape index (κ2) is 5.85. The summed E-state index contributed by atoms with van der Waals surface area (Å²) in [6, 6.07) is 11.0. The lowest BCUT2D eigenvalue weighted by molar-refractivity contribution is 0.579. The van der Waals surface area contributed by atoms with Crippen molar-refractivity contribution in [3.63, 3.8) is 0 Å². The zero-order valence-corrected chi connectivity index (χ0v) is 12.7. The zero-order valence-electron chi connectivity index (χ0n) is 11.1. The third-order valence-corrected chi connectivity index (χ3v) is 3.80. The van der Waals surface area contributed by atoms with Crippen LogP contribution in [0.25, 0.3) is 0 Å². The van der Waals surface area contributed by atoms with Crippen molar-refractivity contribution in [3.8, 4) is 0 Å². The van der Waals surface area contributed by atoms with Crippen molar-refractivity contribution in [2.45, 2.75) is 26.3 Å². The van der Waals surface area contributed by atoms with Crippen molar-refractivity contribution in [1.82, 2.24) is 0 Å². The third kappa shape index (κ3) is 3.43. The third-order valence-electron chi connectivity index (χ3n) is 3.31. The van der Waals surface area contributed by atoms with Gasteiger partial charge in [0.25, 0.3) is 0 Å². The van der Waals surface area contributed by atoms with E-state index in [1.807, 2.05) is 6.07 Å². The molecule has 0 radical (unpaired) electrons. The summed E-state index contributed by atoms with van der Waals surface area (Å²) in [5.41, 5.74) is 10.3. The SMILES string of the molecule is Cc1ccc(C)c(CC(N)c2ccc(Br)cc2F)c1. The molecule has 2 rings (SSSR count). The molecule has 1 nitrogen and oxygen atoms in total. The van der Waals surface area contributed by atoms with Crippen molar-refractivity contribution >= 4 is 15.9 Å². The Morgan fingerprint density at radius 2 is 1.89 bits per heavy atom. The van der Waals surface area contributed by atoms with E-state index in [9.17, 15) is 4.39 Å². The number of aryl methyl sites for hydroxylation is 2. The molecule has 19 heavy (non-hydrogen) atoms. The second-order valence-electron chi connectivity index (χ2n) is 4.91. The molecule has 0 amide bonds. The molecule has 3 heteroatoms. The molecule has 1 unspecified atom stereocenters. The number of halogens is 2. The molecule has 2 aromatic carbocycles. The van der Waals surface area contributed by atoms with E-state index in [1.165, 1.54) is 22.8 Å². The van der Waals surface area contributed by atoms with Gasteiger partial charge in [-0.25, -0.2) is 4.39 Å². The fourth-order valence-corrected chi connectivity index (χ4v) is 2.50. The molecule has 0 heterocycles. The Hall–Kier alpha value is -1.19. The Bertz CT molecular complexity index is 595. The van der Waals surface area contributed by atoms with Crippen LogP contribution in [0.15, 0.2) is 40.9 Å². The zero-order chi connectivity index (χ0) is 14.0. The summed E-state index contributed by atoms with van der Waals surface area (Å²) in [6.07, 6.45) is 0.645. The van der Waals surface area contributed by atoms with Gasteiger partial charge in [0.15, 0.2) is 0 Å². The molecule has 0 fully saturated rings. The molecule has 0 aliphatic rings. The van der Waals surface area contributed by atoms with Crippen molar-refractivity contribution in [3.05, 3.63) is 68.9 Å². The minimum atomic E-state index is -0.325. The summed E-state index contributed by atoms with van der Waals surface area (Å²) >= 11 is 3.25. The highest BCUT2D eigenvalue weighted by Gasteiger charge is 2.13. The Kier molecular flexibility index (Phi) is 4.38.